The highest BCUT2D eigenvalue weighted by Crippen LogP contribution is 2.37. The molecule has 0 nitrogen and oxygen atoms in total. The molecule has 0 spiro atoms. The molecule has 0 saturated heterocycles. The van der Waals surface area contributed by atoms with Gasteiger partial charge in [0.1, 0.15) is 0 Å². The summed E-state index contributed by atoms with van der Waals surface area (Å²) in [6.07, 6.45) is 0. The molecule has 3 rings (SSSR count). The lowest BCUT2D eigenvalue weighted by atomic mass is 9.97. The van der Waals surface area contributed by atoms with Crippen LogP contribution in [0.1, 0.15) is 22.1 Å². The standard InChI is InChI=1S/C18H13BrCl2/c1-11-6-7-12(10-16(11)19)18(21)15-8-9-17(20)14-5-3-2-4-13(14)15/h2-10,18H,1H3. The summed E-state index contributed by atoms with van der Waals surface area (Å²) >= 11 is 16.6. The third kappa shape index (κ3) is 2.83. The summed E-state index contributed by atoms with van der Waals surface area (Å²) in [6, 6.07) is 18.2. The first-order chi connectivity index (χ1) is 10.1. The van der Waals surface area contributed by atoms with Crippen molar-refractivity contribution in [1.29, 1.82) is 0 Å². The zero-order valence-corrected chi connectivity index (χ0v) is 14.5. The van der Waals surface area contributed by atoms with Crippen LogP contribution in [-0.4, -0.2) is 0 Å². The molecule has 3 heteroatoms. The fourth-order valence-electron chi connectivity index (χ4n) is 2.45. The first kappa shape index (κ1) is 14.9. The lowest BCUT2D eigenvalue weighted by Crippen LogP contribution is -1.95. The van der Waals surface area contributed by atoms with E-state index in [0.717, 1.165) is 31.4 Å². The van der Waals surface area contributed by atoms with Crippen molar-refractivity contribution in [1.82, 2.24) is 0 Å². The fraction of sp³-hybridized carbons (Fsp3) is 0.111. The van der Waals surface area contributed by atoms with Crippen molar-refractivity contribution in [3.05, 3.63) is 80.8 Å². The Morgan fingerprint density at radius 3 is 2.38 bits per heavy atom. The third-order valence-corrected chi connectivity index (χ3v) is 5.34. The number of aryl methyl sites for hydroxylation is 1. The van der Waals surface area contributed by atoms with E-state index >= 15 is 0 Å². The van der Waals surface area contributed by atoms with Gasteiger partial charge in [0, 0.05) is 14.9 Å². The van der Waals surface area contributed by atoms with Crippen molar-refractivity contribution in [2.24, 2.45) is 0 Å². The van der Waals surface area contributed by atoms with Gasteiger partial charge in [-0.1, -0.05) is 70.0 Å². The Morgan fingerprint density at radius 2 is 1.67 bits per heavy atom. The van der Waals surface area contributed by atoms with Gasteiger partial charge in [0.25, 0.3) is 0 Å². The van der Waals surface area contributed by atoms with Gasteiger partial charge >= 0.3 is 0 Å². The van der Waals surface area contributed by atoms with E-state index in [-0.39, 0.29) is 5.38 Å². The molecule has 106 valence electrons. The first-order valence-electron chi connectivity index (χ1n) is 6.65. The van der Waals surface area contributed by atoms with Gasteiger partial charge in [-0.2, -0.15) is 0 Å². The van der Waals surface area contributed by atoms with Crippen molar-refractivity contribution in [2.75, 3.05) is 0 Å². The SMILES string of the molecule is Cc1ccc(C(Cl)c2ccc(Cl)c3ccccc23)cc1Br. The maximum absolute atomic E-state index is 6.72. The number of rotatable bonds is 2. The molecule has 1 atom stereocenters. The molecule has 3 aromatic rings. The Labute approximate surface area is 142 Å². The minimum Gasteiger partial charge on any atom is -0.113 e. The molecule has 0 amide bonds. The van der Waals surface area contributed by atoms with Crippen LogP contribution in [-0.2, 0) is 0 Å². The summed E-state index contributed by atoms with van der Waals surface area (Å²) in [5.41, 5.74) is 3.35. The zero-order valence-electron chi connectivity index (χ0n) is 11.4. The number of hydrogen-bond donors (Lipinski definition) is 0. The van der Waals surface area contributed by atoms with Crippen LogP contribution in [0.15, 0.2) is 59.1 Å². The maximum Gasteiger partial charge on any atom is 0.0841 e. The fourth-order valence-corrected chi connectivity index (χ4v) is 3.40. The van der Waals surface area contributed by atoms with Crippen molar-refractivity contribution in [3.8, 4) is 0 Å². The smallest absolute Gasteiger partial charge is 0.0841 e. The van der Waals surface area contributed by atoms with Crippen LogP contribution in [0, 0.1) is 6.92 Å². The number of benzene rings is 3. The number of alkyl halides is 1. The third-order valence-electron chi connectivity index (χ3n) is 3.67. The van der Waals surface area contributed by atoms with Crippen LogP contribution in [0.2, 0.25) is 5.02 Å². The minimum absolute atomic E-state index is 0.205. The summed E-state index contributed by atoms with van der Waals surface area (Å²) in [4.78, 5) is 0. The molecule has 0 N–H and O–H groups in total. The second-order valence-electron chi connectivity index (χ2n) is 5.05. The molecule has 0 aliphatic carbocycles. The summed E-state index contributed by atoms with van der Waals surface area (Å²) in [7, 11) is 0. The summed E-state index contributed by atoms with van der Waals surface area (Å²) in [5, 5.41) is 2.68. The lowest BCUT2D eigenvalue weighted by molar-refractivity contribution is 1.15. The molecule has 0 bridgehead atoms. The van der Waals surface area contributed by atoms with Crippen molar-refractivity contribution in [2.45, 2.75) is 12.3 Å². The Balaban J connectivity index is 2.15. The number of halogens is 3. The summed E-state index contributed by atoms with van der Waals surface area (Å²) in [6.45, 7) is 2.06. The van der Waals surface area contributed by atoms with Crippen LogP contribution in [0.4, 0.5) is 0 Å². The Hall–Kier alpha value is -1.02. The van der Waals surface area contributed by atoms with Gasteiger partial charge < -0.3 is 0 Å². The molecule has 0 fully saturated rings. The molecular weight excluding hydrogens is 367 g/mol. The Morgan fingerprint density at radius 1 is 0.952 bits per heavy atom. The van der Waals surface area contributed by atoms with E-state index in [1.807, 2.05) is 30.3 Å². The van der Waals surface area contributed by atoms with Gasteiger partial charge in [-0.05, 0) is 41.1 Å². The zero-order chi connectivity index (χ0) is 15.0. The molecule has 0 aliphatic heterocycles. The highest BCUT2D eigenvalue weighted by atomic mass is 79.9. The molecule has 0 saturated carbocycles. The summed E-state index contributed by atoms with van der Waals surface area (Å²) < 4.78 is 1.07. The summed E-state index contributed by atoms with van der Waals surface area (Å²) in [5.74, 6) is 0. The number of hydrogen-bond acceptors (Lipinski definition) is 0. The monoisotopic (exact) mass is 378 g/mol. The second kappa shape index (κ2) is 6.00. The van der Waals surface area contributed by atoms with Crippen LogP contribution in [0.3, 0.4) is 0 Å². The van der Waals surface area contributed by atoms with Crippen LogP contribution < -0.4 is 0 Å². The van der Waals surface area contributed by atoms with Gasteiger partial charge in [0.2, 0.25) is 0 Å². The molecule has 0 radical (unpaired) electrons. The van der Waals surface area contributed by atoms with Gasteiger partial charge in [-0.3, -0.25) is 0 Å². The average molecular weight is 380 g/mol. The van der Waals surface area contributed by atoms with Crippen molar-refractivity contribution < 1.29 is 0 Å². The molecule has 0 aromatic heterocycles. The Kier molecular flexibility index (Phi) is 4.26. The molecule has 3 aromatic carbocycles. The Bertz CT molecular complexity index is 811. The predicted molar refractivity (Wildman–Crippen MR) is 95.5 cm³/mol. The van der Waals surface area contributed by atoms with E-state index in [1.54, 1.807) is 0 Å². The molecular formula is C18H13BrCl2. The molecule has 1 unspecified atom stereocenters. The predicted octanol–water partition coefficient (Wildman–Crippen LogP) is 6.89. The average Bonchev–Trinajstić information content (AvgIpc) is 2.50. The van der Waals surface area contributed by atoms with Gasteiger partial charge in [0.05, 0.1) is 5.38 Å². The molecule has 0 aliphatic rings. The molecule has 0 heterocycles. The first-order valence-corrected chi connectivity index (χ1v) is 8.26. The molecule has 21 heavy (non-hydrogen) atoms. The maximum atomic E-state index is 6.72. The highest BCUT2D eigenvalue weighted by molar-refractivity contribution is 9.10. The van der Waals surface area contributed by atoms with Crippen LogP contribution in [0.5, 0.6) is 0 Å². The van der Waals surface area contributed by atoms with E-state index in [9.17, 15) is 0 Å². The number of fused-ring (bicyclic) bond motifs is 1. The quantitative estimate of drug-likeness (QED) is 0.425. The van der Waals surface area contributed by atoms with Crippen molar-refractivity contribution in [3.63, 3.8) is 0 Å². The van der Waals surface area contributed by atoms with Crippen molar-refractivity contribution >= 4 is 49.9 Å². The van der Waals surface area contributed by atoms with E-state index in [4.69, 9.17) is 23.2 Å². The van der Waals surface area contributed by atoms with Crippen LogP contribution >= 0.6 is 39.1 Å². The van der Waals surface area contributed by atoms with Crippen LogP contribution in [0.25, 0.3) is 10.8 Å². The lowest BCUT2D eigenvalue weighted by Gasteiger charge is -2.15. The van der Waals surface area contributed by atoms with E-state index in [0.29, 0.717) is 0 Å². The largest absolute Gasteiger partial charge is 0.113 e. The van der Waals surface area contributed by atoms with Gasteiger partial charge in [-0.15, -0.1) is 11.6 Å². The van der Waals surface area contributed by atoms with E-state index in [2.05, 4.69) is 47.1 Å². The minimum atomic E-state index is -0.205. The van der Waals surface area contributed by atoms with Gasteiger partial charge in [0.15, 0.2) is 0 Å². The normalized spacial score (nSPS) is 12.6. The second-order valence-corrected chi connectivity index (χ2v) is 6.75. The highest BCUT2D eigenvalue weighted by Gasteiger charge is 2.15. The van der Waals surface area contributed by atoms with Gasteiger partial charge in [-0.25, -0.2) is 0 Å². The topological polar surface area (TPSA) is 0 Å². The van der Waals surface area contributed by atoms with E-state index < -0.39 is 0 Å². The van der Waals surface area contributed by atoms with E-state index in [1.165, 1.54) is 5.56 Å².